The van der Waals surface area contributed by atoms with Crippen LogP contribution in [0.1, 0.15) is 0 Å². The molecule has 5 nitrogen and oxygen atoms in total. The summed E-state index contributed by atoms with van der Waals surface area (Å²) in [6.07, 6.45) is 1.54. The molecule has 2 heterocycles. The summed E-state index contributed by atoms with van der Waals surface area (Å²) >= 11 is 5.63. The van der Waals surface area contributed by atoms with Crippen LogP contribution in [-0.4, -0.2) is 41.0 Å². The van der Waals surface area contributed by atoms with E-state index in [4.69, 9.17) is 11.6 Å². The van der Waals surface area contributed by atoms with Crippen LogP contribution in [0.3, 0.4) is 0 Å². The van der Waals surface area contributed by atoms with E-state index in [-0.39, 0.29) is 11.3 Å². The first-order valence-corrected chi connectivity index (χ1v) is 4.57. The molecule has 0 bridgehead atoms. The van der Waals surface area contributed by atoms with Gasteiger partial charge in [0.1, 0.15) is 5.82 Å². The number of likely N-dealkylation sites (N-methyl/N-ethyl adjacent to an activating group) is 1. The van der Waals surface area contributed by atoms with Crippen LogP contribution in [-0.2, 0) is 0 Å². The van der Waals surface area contributed by atoms with Gasteiger partial charge in [0.15, 0.2) is 0 Å². The van der Waals surface area contributed by atoms with Crippen LogP contribution < -0.4 is 4.90 Å². The van der Waals surface area contributed by atoms with E-state index in [0.717, 1.165) is 0 Å². The van der Waals surface area contributed by atoms with Gasteiger partial charge in [-0.1, -0.05) is 0 Å². The molecule has 14 heavy (non-hydrogen) atoms. The molecule has 0 atom stereocenters. The SMILES string of the molecule is CN1CCN(c2ccnc(Cl)n2)C1=O. The molecule has 2 rings (SSSR count). The number of halogens is 1. The van der Waals surface area contributed by atoms with Gasteiger partial charge >= 0.3 is 6.03 Å². The third-order valence-corrected chi connectivity index (χ3v) is 2.29. The first-order chi connectivity index (χ1) is 6.68. The molecule has 0 saturated carbocycles. The average Bonchev–Trinajstić information content (AvgIpc) is 2.48. The number of aromatic nitrogens is 2. The van der Waals surface area contributed by atoms with Crippen LogP contribution in [0.4, 0.5) is 10.6 Å². The largest absolute Gasteiger partial charge is 0.326 e. The average molecular weight is 213 g/mol. The molecule has 1 saturated heterocycles. The molecule has 1 fully saturated rings. The first kappa shape index (κ1) is 9.21. The van der Waals surface area contributed by atoms with Gasteiger partial charge < -0.3 is 4.90 Å². The fourth-order valence-electron chi connectivity index (χ4n) is 1.34. The number of carbonyl (C=O) groups is 1. The highest BCUT2D eigenvalue weighted by molar-refractivity contribution is 6.28. The highest BCUT2D eigenvalue weighted by Crippen LogP contribution is 2.17. The van der Waals surface area contributed by atoms with E-state index in [9.17, 15) is 4.79 Å². The summed E-state index contributed by atoms with van der Waals surface area (Å²) < 4.78 is 0. The van der Waals surface area contributed by atoms with Gasteiger partial charge in [-0.05, 0) is 17.7 Å². The second-order valence-corrected chi connectivity index (χ2v) is 3.38. The molecular formula is C8H9ClN4O. The summed E-state index contributed by atoms with van der Waals surface area (Å²) in [5.41, 5.74) is 0. The highest BCUT2D eigenvalue weighted by Gasteiger charge is 2.27. The van der Waals surface area contributed by atoms with Crippen LogP contribution in [0.2, 0.25) is 5.28 Å². The zero-order valence-electron chi connectivity index (χ0n) is 7.64. The van der Waals surface area contributed by atoms with E-state index in [1.165, 1.54) is 6.20 Å². The Morgan fingerprint density at radius 1 is 1.50 bits per heavy atom. The number of anilines is 1. The van der Waals surface area contributed by atoms with Gasteiger partial charge in [0, 0.05) is 26.3 Å². The van der Waals surface area contributed by atoms with Crippen molar-refractivity contribution in [3.63, 3.8) is 0 Å². The van der Waals surface area contributed by atoms with E-state index in [1.54, 1.807) is 22.9 Å². The molecule has 1 aromatic rings. The molecule has 74 valence electrons. The number of carbonyl (C=O) groups excluding carboxylic acids is 1. The summed E-state index contributed by atoms with van der Waals surface area (Å²) in [4.78, 5) is 22.5. The van der Waals surface area contributed by atoms with Gasteiger partial charge in [-0.25, -0.2) is 14.8 Å². The van der Waals surface area contributed by atoms with Crippen molar-refractivity contribution >= 4 is 23.4 Å². The van der Waals surface area contributed by atoms with E-state index < -0.39 is 0 Å². The van der Waals surface area contributed by atoms with Crippen molar-refractivity contribution in [1.29, 1.82) is 0 Å². The molecule has 0 N–H and O–H groups in total. The van der Waals surface area contributed by atoms with Gasteiger partial charge in [0.05, 0.1) is 0 Å². The van der Waals surface area contributed by atoms with E-state index in [2.05, 4.69) is 9.97 Å². The number of rotatable bonds is 1. The fraction of sp³-hybridized carbons (Fsp3) is 0.375. The van der Waals surface area contributed by atoms with Crippen LogP contribution in [0.15, 0.2) is 12.3 Å². The number of urea groups is 1. The van der Waals surface area contributed by atoms with Crippen molar-refractivity contribution < 1.29 is 4.79 Å². The normalized spacial score (nSPS) is 16.6. The lowest BCUT2D eigenvalue weighted by atomic mass is 10.5. The number of hydrogen-bond acceptors (Lipinski definition) is 3. The van der Waals surface area contributed by atoms with E-state index >= 15 is 0 Å². The summed E-state index contributed by atoms with van der Waals surface area (Å²) in [5, 5.41) is 0.157. The molecule has 1 aromatic heterocycles. The number of hydrogen-bond donors (Lipinski definition) is 0. The smallest absolute Gasteiger partial charge is 0.325 e. The zero-order valence-corrected chi connectivity index (χ0v) is 8.40. The van der Waals surface area contributed by atoms with Gasteiger partial charge in [0.25, 0.3) is 0 Å². The van der Waals surface area contributed by atoms with Crippen LogP contribution in [0.5, 0.6) is 0 Å². The number of nitrogens with zero attached hydrogens (tertiary/aromatic N) is 4. The second kappa shape index (κ2) is 3.42. The van der Waals surface area contributed by atoms with Crippen molar-refractivity contribution in [1.82, 2.24) is 14.9 Å². The lowest BCUT2D eigenvalue weighted by Crippen LogP contribution is -2.29. The maximum absolute atomic E-state index is 11.6. The first-order valence-electron chi connectivity index (χ1n) is 4.19. The minimum absolute atomic E-state index is 0.0558. The maximum atomic E-state index is 11.6. The molecule has 0 aromatic carbocycles. The molecule has 0 aliphatic carbocycles. The Morgan fingerprint density at radius 3 is 2.86 bits per heavy atom. The van der Waals surface area contributed by atoms with Crippen LogP contribution >= 0.6 is 11.6 Å². The van der Waals surface area contributed by atoms with Gasteiger partial charge in [0.2, 0.25) is 5.28 Å². The summed E-state index contributed by atoms with van der Waals surface area (Å²) in [5.74, 6) is 0.555. The van der Waals surface area contributed by atoms with Gasteiger partial charge in [-0.3, -0.25) is 4.90 Å². The topological polar surface area (TPSA) is 49.3 Å². The van der Waals surface area contributed by atoms with Gasteiger partial charge in [-0.2, -0.15) is 0 Å². The Balaban J connectivity index is 2.28. The quantitative estimate of drug-likeness (QED) is 0.653. The van der Waals surface area contributed by atoms with E-state index in [1.807, 2.05) is 0 Å². The predicted octanol–water partition coefficient (Wildman–Crippen LogP) is 1.00. The molecular weight excluding hydrogens is 204 g/mol. The summed E-state index contributed by atoms with van der Waals surface area (Å²) in [7, 11) is 1.76. The Labute approximate surface area is 86.3 Å². The lowest BCUT2D eigenvalue weighted by Gasteiger charge is -2.14. The van der Waals surface area contributed by atoms with Crippen molar-refractivity contribution in [2.45, 2.75) is 0 Å². The van der Waals surface area contributed by atoms with Gasteiger partial charge in [-0.15, -0.1) is 0 Å². The molecule has 0 unspecified atom stereocenters. The van der Waals surface area contributed by atoms with Crippen LogP contribution in [0.25, 0.3) is 0 Å². The molecule has 0 spiro atoms. The fourth-order valence-corrected chi connectivity index (χ4v) is 1.48. The summed E-state index contributed by atoms with van der Waals surface area (Å²) in [6, 6.07) is 1.61. The molecule has 2 amide bonds. The third kappa shape index (κ3) is 1.50. The van der Waals surface area contributed by atoms with Crippen molar-refractivity contribution in [3.8, 4) is 0 Å². The minimum Gasteiger partial charge on any atom is -0.326 e. The third-order valence-electron chi connectivity index (χ3n) is 2.10. The zero-order chi connectivity index (χ0) is 10.1. The molecule has 1 aliphatic rings. The predicted molar refractivity (Wildman–Crippen MR) is 52.4 cm³/mol. The monoisotopic (exact) mass is 212 g/mol. The molecule has 6 heteroatoms. The van der Waals surface area contributed by atoms with Crippen molar-refractivity contribution in [2.75, 3.05) is 25.0 Å². The lowest BCUT2D eigenvalue weighted by molar-refractivity contribution is 0.229. The Morgan fingerprint density at radius 2 is 2.29 bits per heavy atom. The second-order valence-electron chi connectivity index (χ2n) is 3.04. The highest BCUT2D eigenvalue weighted by atomic mass is 35.5. The Kier molecular flexibility index (Phi) is 2.25. The van der Waals surface area contributed by atoms with Crippen LogP contribution in [0, 0.1) is 0 Å². The minimum atomic E-state index is -0.0558. The van der Waals surface area contributed by atoms with E-state index in [0.29, 0.717) is 18.9 Å². The standard InChI is InChI=1S/C8H9ClN4O/c1-12-4-5-13(8(12)14)6-2-3-10-7(9)11-6/h2-3H,4-5H2,1H3. The van der Waals surface area contributed by atoms with Crippen molar-refractivity contribution in [2.24, 2.45) is 0 Å². The maximum Gasteiger partial charge on any atom is 0.325 e. The molecule has 0 radical (unpaired) electrons. The van der Waals surface area contributed by atoms with Crippen molar-refractivity contribution in [3.05, 3.63) is 17.5 Å². The molecule has 1 aliphatic heterocycles. The summed E-state index contributed by atoms with van der Waals surface area (Å²) in [6.45, 7) is 1.35. The number of amides is 2. The Bertz CT molecular complexity index is 370. The Hall–Kier alpha value is -1.36.